The number of benzene rings is 2. The Morgan fingerprint density at radius 3 is 2.41 bits per heavy atom. The first kappa shape index (κ1) is 26.1. The number of carbonyl (C=O) groups is 2. The van der Waals surface area contributed by atoms with Crippen LogP contribution < -0.4 is 4.74 Å². The highest BCUT2D eigenvalue weighted by Crippen LogP contribution is 2.41. The van der Waals surface area contributed by atoms with E-state index < -0.39 is 17.7 Å². The fourth-order valence-corrected chi connectivity index (χ4v) is 4.15. The zero-order valence-electron chi connectivity index (χ0n) is 20.1. The van der Waals surface area contributed by atoms with Crippen molar-refractivity contribution >= 4 is 40.7 Å². The molecule has 1 amide bonds. The van der Waals surface area contributed by atoms with Crippen molar-refractivity contribution in [3.63, 3.8) is 0 Å². The Bertz CT molecular complexity index is 1130. The van der Waals surface area contributed by atoms with E-state index in [0.29, 0.717) is 52.5 Å². The number of ketones is 1. The maximum absolute atomic E-state index is 13.2. The topological polar surface area (TPSA) is 70.1 Å². The lowest BCUT2D eigenvalue weighted by atomic mass is 9.94. The third kappa shape index (κ3) is 5.57. The second-order valence-corrected chi connectivity index (χ2v) is 9.97. The predicted octanol–water partition coefficient (Wildman–Crippen LogP) is 5.32. The minimum absolute atomic E-state index is 0.0288. The molecule has 8 heteroatoms. The van der Waals surface area contributed by atoms with E-state index in [9.17, 15) is 14.7 Å². The number of Topliss-reactive ketones (excluding diaryl/α,β-unsaturated/α-hetero) is 1. The predicted molar refractivity (Wildman–Crippen MR) is 136 cm³/mol. The van der Waals surface area contributed by atoms with E-state index in [4.69, 9.17) is 27.9 Å². The summed E-state index contributed by atoms with van der Waals surface area (Å²) in [5.74, 6) is -0.566. The van der Waals surface area contributed by atoms with E-state index in [0.717, 1.165) is 5.56 Å². The quantitative estimate of drug-likeness (QED) is 0.299. The molecule has 2 aromatic rings. The number of aliphatic hydroxyl groups is 1. The van der Waals surface area contributed by atoms with Gasteiger partial charge in [0.1, 0.15) is 11.5 Å². The van der Waals surface area contributed by atoms with Gasteiger partial charge >= 0.3 is 0 Å². The van der Waals surface area contributed by atoms with Gasteiger partial charge in [0.25, 0.3) is 11.7 Å². The van der Waals surface area contributed by atoms with Crippen LogP contribution in [0.25, 0.3) is 5.76 Å². The number of nitrogens with zero attached hydrogens (tertiary/aromatic N) is 2. The number of hydrogen-bond acceptors (Lipinski definition) is 5. The second kappa shape index (κ2) is 10.8. The average molecular weight is 505 g/mol. The van der Waals surface area contributed by atoms with Crippen LogP contribution in [0.4, 0.5) is 0 Å². The molecule has 3 rings (SSSR count). The first-order valence-electron chi connectivity index (χ1n) is 11.1. The van der Waals surface area contributed by atoms with Gasteiger partial charge < -0.3 is 19.6 Å². The fourth-order valence-electron chi connectivity index (χ4n) is 3.85. The van der Waals surface area contributed by atoms with Crippen LogP contribution in [0.5, 0.6) is 5.75 Å². The van der Waals surface area contributed by atoms with Crippen molar-refractivity contribution in [3.8, 4) is 5.75 Å². The SMILES string of the molecule is Cc1cc(OCC(C)C)ccc1C(O)=C1C(=O)C(=O)N(CCN(C)C)[C@@H]1c1ccc(Cl)c(Cl)c1. The number of aliphatic hydroxyl groups excluding tert-OH is 1. The van der Waals surface area contributed by atoms with Crippen LogP contribution in [0.1, 0.15) is 36.6 Å². The molecule has 1 saturated heterocycles. The number of halogens is 2. The maximum Gasteiger partial charge on any atom is 0.295 e. The first-order valence-corrected chi connectivity index (χ1v) is 11.9. The van der Waals surface area contributed by atoms with E-state index in [1.54, 1.807) is 30.3 Å². The van der Waals surface area contributed by atoms with Crippen LogP contribution in [0.15, 0.2) is 42.0 Å². The number of rotatable bonds is 8. The van der Waals surface area contributed by atoms with Crippen LogP contribution >= 0.6 is 23.2 Å². The number of amides is 1. The Balaban J connectivity index is 2.11. The highest BCUT2D eigenvalue weighted by molar-refractivity contribution is 6.47. The number of likely N-dealkylation sites (tertiary alicyclic amines) is 1. The molecule has 0 aliphatic carbocycles. The molecule has 1 atom stereocenters. The van der Waals surface area contributed by atoms with Crippen LogP contribution in [-0.4, -0.2) is 60.4 Å². The smallest absolute Gasteiger partial charge is 0.295 e. The lowest BCUT2D eigenvalue weighted by molar-refractivity contribution is -0.140. The molecule has 1 N–H and O–H groups in total. The van der Waals surface area contributed by atoms with E-state index in [2.05, 4.69) is 13.8 Å². The van der Waals surface area contributed by atoms with Gasteiger partial charge in [0.05, 0.1) is 28.3 Å². The summed E-state index contributed by atoms with van der Waals surface area (Å²) < 4.78 is 5.77. The highest BCUT2D eigenvalue weighted by atomic mass is 35.5. The molecule has 2 aromatic carbocycles. The number of aryl methyl sites for hydroxylation is 1. The fraction of sp³-hybridized carbons (Fsp3) is 0.385. The van der Waals surface area contributed by atoms with E-state index >= 15 is 0 Å². The maximum atomic E-state index is 13.2. The summed E-state index contributed by atoms with van der Waals surface area (Å²) in [7, 11) is 3.77. The third-order valence-electron chi connectivity index (χ3n) is 5.62. The van der Waals surface area contributed by atoms with Gasteiger partial charge in [0, 0.05) is 18.7 Å². The normalized spacial score (nSPS) is 17.8. The van der Waals surface area contributed by atoms with E-state index in [-0.39, 0.29) is 11.3 Å². The zero-order valence-corrected chi connectivity index (χ0v) is 21.6. The van der Waals surface area contributed by atoms with Gasteiger partial charge in [-0.25, -0.2) is 0 Å². The molecular weight excluding hydrogens is 475 g/mol. The van der Waals surface area contributed by atoms with Crippen LogP contribution in [-0.2, 0) is 9.59 Å². The van der Waals surface area contributed by atoms with Crippen LogP contribution in [0.2, 0.25) is 10.0 Å². The average Bonchev–Trinajstić information content (AvgIpc) is 3.02. The molecule has 0 saturated carbocycles. The Morgan fingerprint density at radius 2 is 1.82 bits per heavy atom. The monoisotopic (exact) mass is 504 g/mol. The van der Waals surface area contributed by atoms with E-state index in [1.807, 2.05) is 32.0 Å². The van der Waals surface area contributed by atoms with Gasteiger partial charge in [-0.1, -0.05) is 43.1 Å². The van der Waals surface area contributed by atoms with Crippen molar-refractivity contribution in [1.82, 2.24) is 9.80 Å². The van der Waals surface area contributed by atoms with Gasteiger partial charge in [-0.3, -0.25) is 9.59 Å². The number of hydrogen-bond donors (Lipinski definition) is 1. The summed E-state index contributed by atoms with van der Waals surface area (Å²) in [5.41, 5.74) is 1.82. The van der Waals surface area contributed by atoms with Crippen LogP contribution in [0.3, 0.4) is 0 Å². The Labute approximate surface area is 210 Å². The van der Waals surface area contributed by atoms with Gasteiger partial charge in [-0.2, -0.15) is 0 Å². The summed E-state index contributed by atoms with van der Waals surface area (Å²) in [6.07, 6.45) is 0. The Morgan fingerprint density at radius 1 is 1.12 bits per heavy atom. The zero-order chi connectivity index (χ0) is 25.2. The van der Waals surface area contributed by atoms with Crippen molar-refractivity contribution in [1.29, 1.82) is 0 Å². The molecule has 1 aliphatic heterocycles. The molecule has 6 nitrogen and oxygen atoms in total. The molecule has 1 fully saturated rings. The summed E-state index contributed by atoms with van der Waals surface area (Å²) in [5, 5.41) is 12.0. The second-order valence-electron chi connectivity index (χ2n) is 9.15. The van der Waals surface area contributed by atoms with Crippen molar-refractivity contribution in [2.75, 3.05) is 33.8 Å². The standard InChI is InChI=1S/C26H30Cl2N2O4/c1-15(2)14-34-18-7-8-19(16(3)12-18)24(31)22-23(17-6-9-20(27)21(28)13-17)30(11-10-29(4)5)26(33)25(22)32/h6-9,12-13,15,23,31H,10-11,14H2,1-5H3/t23-/m1/s1. The minimum atomic E-state index is -0.786. The third-order valence-corrected chi connectivity index (χ3v) is 6.36. The Hall–Kier alpha value is -2.54. The summed E-state index contributed by atoms with van der Waals surface area (Å²) in [4.78, 5) is 29.6. The number of carbonyl (C=O) groups excluding carboxylic acids is 2. The molecule has 0 radical (unpaired) electrons. The molecular formula is C26H30Cl2N2O4. The molecule has 0 aromatic heterocycles. The van der Waals surface area contributed by atoms with Crippen molar-refractivity contribution < 1.29 is 19.4 Å². The number of likely N-dealkylation sites (N-methyl/N-ethyl adjacent to an activating group) is 1. The molecule has 0 bridgehead atoms. The number of ether oxygens (including phenoxy) is 1. The minimum Gasteiger partial charge on any atom is -0.507 e. The van der Waals surface area contributed by atoms with Gasteiger partial charge in [0.15, 0.2) is 0 Å². The van der Waals surface area contributed by atoms with E-state index in [1.165, 1.54) is 4.90 Å². The van der Waals surface area contributed by atoms with Crippen molar-refractivity contribution in [2.45, 2.75) is 26.8 Å². The van der Waals surface area contributed by atoms with Gasteiger partial charge in [0.2, 0.25) is 0 Å². The lowest BCUT2D eigenvalue weighted by Crippen LogP contribution is -2.35. The molecule has 0 unspecified atom stereocenters. The summed E-state index contributed by atoms with van der Waals surface area (Å²) in [6, 6.07) is 9.46. The van der Waals surface area contributed by atoms with Gasteiger partial charge in [-0.15, -0.1) is 0 Å². The molecule has 1 aliphatic rings. The van der Waals surface area contributed by atoms with Crippen LogP contribution in [0, 0.1) is 12.8 Å². The Kier molecular flexibility index (Phi) is 8.29. The largest absolute Gasteiger partial charge is 0.507 e. The first-order chi connectivity index (χ1) is 16.0. The lowest BCUT2D eigenvalue weighted by Gasteiger charge is -2.27. The highest BCUT2D eigenvalue weighted by Gasteiger charge is 2.46. The van der Waals surface area contributed by atoms with Gasteiger partial charge in [-0.05, 0) is 68.4 Å². The van der Waals surface area contributed by atoms with Crippen molar-refractivity contribution in [2.24, 2.45) is 5.92 Å². The van der Waals surface area contributed by atoms with Crippen molar-refractivity contribution in [3.05, 3.63) is 68.7 Å². The molecule has 1 heterocycles. The molecule has 182 valence electrons. The molecule has 34 heavy (non-hydrogen) atoms. The summed E-state index contributed by atoms with van der Waals surface area (Å²) >= 11 is 12.4. The molecule has 0 spiro atoms. The summed E-state index contributed by atoms with van der Waals surface area (Å²) in [6.45, 7) is 7.37.